The van der Waals surface area contributed by atoms with Crippen LogP contribution in [0.15, 0.2) is 63.1 Å². The zero-order chi connectivity index (χ0) is 21.0. The molecule has 1 heterocycles. The summed E-state index contributed by atoms with van der Waals surface area (Å²) in [6.07, 6.45) is 2.30. The summed E-state index contributed by atoms with van der Waals surface area (Å²) < 4.78 is 6.11. The lowest BCUT2D eigenvalue weighted by Crippen LogP contribution is -2.31. The van der Waals surface area contributed by atoms with E-state index in [0.29, 0.717) is 23.0 Å². The van der Waals surface area contributed by atoms with E-state index >= 15 is 0 Å². The van der Waals surface area contributed by atoms with E-state index in [1.807, 2.05) is 24.3 Å². The number of hydrogen-bond acceptors (Lipinski definition) is 5. The van der Waals surface area contributed by atoms with Gasteiger partial charge in [-0.25, -0.2) is 9.36 Å². The summed E-state index contributed by atoms with van der Waals surface area (Å²) in [7, 11) is 1.53. The van der Waals surface area contributed by atoms with Gasteiger partial charge in [-0.15, -0.1) is 0 Å². The molecule has 2 aromatic carbocycles. The van der Waals surface area contributed by atoms with Gasteiger partial charge >= 0.3 is 5.69 Å². The fraction of sp³-hybridized carbons (Fsp3) is 0.227. The lowest BCUT2D eigenvalue weighted by atomic mass is 9.99. The third-order valence-corrected chi connectivity index (χ3v) is 4.87. The molecule has 0 aliphatic heterocycles. The number of aliphatic imine (C=N–C) groups is 1. The van der Waals surface area contributed by atoms with E-state index in [9.17, 15) is 14.7 Å². The van der Waals surface area contributed by atoms with Gasteiger partial charge < -0.3 is 9.84 Å². The molecule has 3 aromatic rings. The molecule has 3 rings (SSSR count). The lowest BCUT2D eigenvalue weighted by Gasteiger charge is -2.10. The number of aromatic amines is 1. The highest BCUT2D eigenvalue weighted by Crippen LogP contribution is 2.22. The van der Waals surface area contributed by atoms with Crippen molar-refractivity contribution in [2.45, 2.75) is 26.2 Å². The minimum Gasteiger partial charge on any atom is -0.497 e. The Morgan fingerprint density at radius 1 is 1.14 bits per heavy atom. The number of rotatable bonds is 6. The van der Waals surface area contributed by atoms with Crippen LogP contribution in [-0.4, -0.2) is 28.0 Å². The summed E-state index contributed by atoms with van der Waals surface area (Å²) in [4.78, 5) is 30.9. The van der Waals surface area contributed by atoms with Crippen LogP contribution in [-0.2, 0) is 0 Å². The number of H-pyrrole nitrogens is 1. The first-order valence-electron chi connectivity index (χ1n) is 9.31. The smallest absolute Gasteiger partial charge is 0.335 e. The Morgan fingerprint density at radius 3 is 2.38 bits per heavy atom. The Balaban J connectivity index is 1.98. The number of nitrogens with zero attached hydrogens (tertiary/aromatic N) is 2. The van der Waals surface area contributed by atoms with Gasteiger partial charge in [-0.3, -0.25) is 14.8 Å². The van der Waals surface area contributed by atoms with Crippen LogP contribution in [0.2, 0.25) is 0 Å². The van der Waals surface area contributed by atoms with Crippen molar-refractivity contribution in [2.24, 2.45) is 4.99 Å². The molecule has 0 fully saturated rings. The van der Waals surface area contributed by atoms with Gasteiger partial charge in [-0.2, -0.15) is 0 Å². The van der Waals surface area contributed by atoms with Gasteiger partial charge in [0.2, 0.25) is 5.88 Å². The Kier molecular flexibility index (Phi) is 5.97. The number of ether oxygens (including phenoxy) is 1. The highest BCUT2D eigenvalue weighted by atomic mass is 16.5. The maximum absolute atomic E-state index is 12.2. The average molecular weight is 393 g/mol. The molecule has 7 nitrogen and oxygen atoms in total. The van der Waals surface area contributed by atoms with E-state index in [-0.39, 0.29) is 5.56 Å². The molecule has 0 spiro atoms. The number of aromatic hydroxyl groups is 1. The zero-order valence-corrected chi connectivity index (χ0v) is 16.5. The first kappa shape index (κ1) is 20.1. The summed E-state index contributed by atoms with van der Waals surface area (Å²) in [5.74, 6) is 0.574. The van der Waals surface area contributed by atoms with Crippen LogP contribution >= 0.6 is 0 Å². The van der Waals surface area contributed by atoms with Crippen LogP contribution < -0.4 is 16.0 Å². The molecule has 2 N–H and O–H groups in total. The molecule has 0 saturated carbocycles. The molecule has 7 heteroatoms. The van der Waals surface area contributed by atoms with Crippen LogP contribution in [0.1, 0.15) is 37.3 Å². The lowest BCUT2D eigenvalue weighted by molar-refractivity contribution is 0.414. The van der Waals surface area contributed by atoms with Crippen molar-refractivity contribution in [2.75, 3.05) is 7.11 Å². The minimum atomic E-state index is -0.743. The van der Waals surface area contributed by atoms with Crippen molar-refractivity contribution in [3.63, 3.8) is 0 Å². The van der Waals surface area contributed by atoms with E-state index < -0.39 is 17.1 Å². The third kappa shape index (κ3) is 4.29. The molecule has 1 aromatic heterocycles. The van der Waals surface area contributed by atoms with Crippen LogP contribution in [0.4, 0.5) is 5.69 Å². The summed E-state index contributed by atoms with van der Waals surface area (Å²) in [5.41, 5.74) is 0.673. The van der Waals surface area contributed by atoms with Crippen molar-refractivity contribution >= 4 is 11.9 Å². The average Bonchev–Trinajstić information content (AvgIpc) is 2.73. The standard InChI is InChI=1S/C22H23N3O4/c1-4-14(2)15-5-7-16(8-6-15)23-13-19-20(26)24-22(28)25(21(19)27)17-9-11-18(29-3)12-10-17/h5-14,27H,4H2,1-3H3,(H,24,26,28)/t14-/m0/s1. The Morgan fingerprint density at radius 2 is 1.79 bits per heavy atom. The van der Waals surface area contributed by atoms with Gasteiger partial charge in [0.05, 0.1) is 18.5 Å². The van der Waals surface area contributed by atoms with Crippen LogP contribution in [0.25, 0.3) is 5.69 Å². The first-order chi connectivity index (χ1) is 13.9. The third-order valence-electron chi connectivity index (χ3n) is 4.87. The predicted octanol–water partition coefficient (Wildman–Crippen LogP) is 3.50. The minimum absolute atomic E-state index is 0.105. The van der Waals surface area contributed by atoms with Crippen molar-refractivity contribution in [1.82, 2.24) is 9.55 Å². The molecular formula is C22H23N3O4. The fourth-order valence-corrected chi connectivity index (χ4v) is 2.89. The van der Waals surface area contributed by atoms with Gasteiger partial charge in [-0.1, -0.05) is 26.0 Å². The largest absolute Gasteiger partial charge is 0.497 e. The van der Waals surface area contributed by atoms with Crippen molar-refractivity contribution < 1.29 is 9.84 Å². The Bertz CT molecular complexity index is 1130. The predicted molar refractivity (Wildman–Crippen MR) is 113 cm³/mol. The molecule has 1 atom stereocenters. The van der Waals surface area contributed by atoms with Crippen molar-refractivity contribution in [3.8, 4) is 17.3 Å². The molecule has 0 aliphatic carbocycles. The van der Waals surface area contributed by atoms with Crippen LogP contribution in [0.3, 0.4) is 0 Å². The number of hydrogen-bond donors (Lipinski definition) is 2. The number of aromatic nitrogens is 2. The maximum Gasteiger partial charge on any atom is 0.335 e. The monoisotopic (exact) mass is 393 g/mol. The first-order valence-corrected chi connectivity index (χ1v) is 9.31. The maximum atomic E-state index is 12.2. The molecule has 0 unspecified atom stereocenters. The molecule has 0 bridgehead atoms. The van der Waals surface area contributed by atoms with Crippen LogP contribution in [0, 0.1) is 0 Å². The highest BCUT2D eigenvalue weighted by molar-refractivity contribution is 5.84. The van der Waals surface area contributed by atoms with E-state index in [1.165, 1.54) is 18.9 Å². The molecule has 150 valence electrons. The normalized spacial score (nSPS) is 12.2. The zero-order valence-electron chi connectivity index (χ0n) is 16.5. The quantitative estimate of drug-likeness (QED) is 0.627. The fourth-order valence-electron chi connectivity index (χ4n) is 2.89. The SMILES string of the molecule is CC[C@H](C)c1ccc(N=Cc2c(O)n(-c3ccc(OC)cc3)c(=O)[nH]c2=O)cc1. The summed E-state index contributed by atoms with van der Waals surface area (Å²) in [5, 5.41) is 10.6. The number of methoxy groups -OCH3 is 1. The topological polar surface area (TPSA) is 96.7 Å². The molecule has 29 heavy (non-hydrogen) atoms. The highest BCUT2D eigenvalue weighted by Gasteiger charge is 2.14. The van der Waals surface area contributed by atoms with Gasteiger partial charge in [0.15, 0.2) is 0 Å². The van der Waals surface area contributed by atoms with Crippen molar-refractivity contribution in [3.05, 3.63) is 80.5 Å². The summed E-state index contributed by atoms with van der Waals surface area (Å²) in [6, 6.07) is 14.2. The molecule has 0 saturated heterocycles. The second kappa shape index (κ2) is 8.60. The molecule has 0 aliphatic rings. The van der Waals surface area contributed by atoms with Gasteiger partial charge in [-0.05, 0) is 54.3 Å². The van der Waals surface area contributed by atoms with Crippen LogP contribution in [0.5, 0.6) is 11.6 Å². The number of nitrogens with one attached hydrogen (secondary N) is 1. The molecule has 0 amide bonds. The summed E-state index contributed by atoms with van der Waals surface area (Å²) >= 11 is 0. The van der Waals surface area contributed by atoms with Crippen molar-refractivity contribution in [1.29, 1.82) is 0 Å². The van der Waals surface area contributed by atoms with Gasteiger partial charge in [0, 0.05) is 6.21 Å². The Labute approximate surface area is 168 Å². The van der Waals surface area contributed by atoms with E-state index in [1.54, 1.807) is 24.3 Å². The van der Waals surface area contributed by atoms with E-state index in [0.717, 1.165) is 11.0 Å². The summed E-state index contributed by atoms with van der Waals surface area (Å²) in [6.45, 7) is 4.28. The second-order valence-electron chi connectivity index (χ2n) is 6.69. The molecule has 0 radical (unpaired) electrons. The van der Waals surface area contributed by atoms with E-state index in [4.69, 9.17) is 4.74 Å². The Hall–Kier alpha value is -3.61. The molecular weight excluding hydrogens is 370 g/mol. The van der Waals surface area contributed by atoms with Gasteiger partial charge in [0.25, 0.3) is 5.56 Å². The number of benzene rings is 2. The second-order valence-corrected chi connectivity index (χ2v) is 6.69. The van der Waals surface area contributed by atoms with E-state index in [2.05, 4.69) is 23.8 Å². The van der Waals surface area contributed by atoms with Gasteiger partial charge in [0.1, 0.15) is 11.3 Å².